The minimum Gasteiger partial charge on any atom is -0.305 e. The van der Waals surface area contributed by atoms with Gasteiger partial charge in [0.1, 0.15) is 5.54 Å². The lowest BCUT2D eigenvalue weighted by Gasteiger charge is -2.35. The summed E-state index contributed by atoms with van der Waals surface area (Å²) < 4.78 is 1.72. The maximum atomic E-state index is 12.8. The van der Waals surface area contributed by atoms with Crippen LogP contribution in [-0.4, -0.2) is 44.1 Å². The van der Waals surface area contributed by atoms with Crippen LogP contribution in [-0.2, 0) is 18.4 Å². The van der Waals surface area contributed by atoms with E-state index in [1.54, 1.807) is 22.8 Å². The molecule has 0 unspecified atom stereocenters. The van der Waals surface area contributed by atoms with E-state index >= 15 is 0 Å². The number of hydrogen-bond donors (Lipinski definition) is 0. The van der Waals surface area contributed by atoms with Gasteiger partial charge in [0.2, 0.25) is 0 Å². The van der Waals surface area contributed by atoms with E-state index in [0.717, 1.165) is 12.0 Å². The molecule has 2 heterocycles. The van der Waals surface area contributed by atoms with Crippen LogP contribution >= 0.6 is 0 Å². The van der Waals surface area contributed by atoms with E-state index in [1.165, 1.54) is 37.0 Å². The van der Waals surface area contributed by atoms with Gasteiger partial charge in [-0.25, -0.2) is 4.79 Å². The molecule has 0 spiro atoms. The van der Waals surface area contributed by atoms with Crippen molar-refractivity contribution in [1.29, 1.82) is 0 Å². The second kappa shape index (κ2) is 5.98. The highest BCUT2D eigenvalue weighted by atomic mass is 16.2. The molecule has 0 N–H and O–H groups in total. The zero-order chi connectivity index (χ0) is 16.6. The van der Waals surface area contributed by atoms with Crippen LogP contribution in [0.3, 0.4) is 0 Å². The Labute approximate surface area is 137 Å². The normalized spacial score (nSPS) is 26.4. The van der Waals surface area contributed by atoms with Gasteiger partial charge in [-0.15, -0.1) is 0 Å². The van der Waals surface area contributed by atoms with E-state index in [-0.39, 0.29) is 11.9 Å². The number of carbonyl (C=O) groups excluding carboxylic acids is 2. The highest BCUT2D eigenvalue weighted by molar-refractivity contribution is 6.06. The standard InChI is InChI=1S/C17H26N4O2/c1-17(9-13-7-5-4-6-8-13)15(22)20(3)16(23)21(17)12-14-10-18-19(2)11-14/h10-11,13H,4-9,12H2,1-3H3/t17-/m1/s1. The lowest BCUT2D eigenvalue weighted by atomic mass is 9.79. The predicted molar refractivity (Wildman–Crippen MR) is 86.5 cm³/mol. The molecule has 1 aromatic rings. The van der Waals surface area contributed by atoms with Gasteiger partial charge >= 0.3 is 6.03 Å². The summed E-state index contributed by atoms with van der Waals surface area (Å²) in [6.07, 6.45) is 10.5. The zero-order valence-electron chi connectivity index (χ0n) is 14.3. The topological polar surface area (TPSA) is 58.4 Å². The number of carbonyl (C=O) groups is 2. The largest absolute Gasteiger partial charge is 0.327 e. The second-order valence-electron chi connectivity index (χ2n) is 7.24. The molecule has 1 aliphatic heterocycles. The van der Waals surface area contributed by atoms with Gasteiger partial charge in [-0.2, -0.15) is 5.10 Å². The summed E-state index contributed by atoms with van der Waals surface area (Å²) >= 11 is 0. The van der Waals surface area contributed by atoms with Gasteiger partial charge in [0.25, 0.3) is 5.91 Å². The molecule has 1 atom stereocenters. The highest BCUT2D eigenvalue weighted by Crippen LogP contribution is 2.38. The van der Waals surface area contributed by atoms with Crippen molar-refractivity contribution in [3.05, 3.63) is 18.0 Å². The molecule has 1 aromatic heterocycles. The summed E-state index contributed by atoms with van der Waals surface area (Å²) in [6.45, 7) is 2.37. The maximum absolute atomic E-state index is 12.8. The van der Waals surface area contributed by atoms with E-state index in [9.17, 15) is 9.59 Å². The van der Waals surface area contributed by atoms with E-state index in [4.69, 9.17) is 0 Å². The van der Waals surface area contributed by atoms with Gasteiger partial charge in [0.05, 0.1) is 12.7 Å². The third kappa shape index (κ3) is 2.86. The molecule has 6 nitrogen and oxygen atoms in total. The Hall–Kier alpha value is -1.85. The molecule has 0 bridgehead atoms. The zero-order valence-corrected chi connectivity index (χ0v) is 14.3. The summed E-state index contributed by atoms with van der Waals surface area (Å²) in [4.78, 5) is 28.4. The van der Waals surface area contributed by atoms with Crippen molar-refractivity contribution in [2.75, 3.05) is 7.05 Å². The number of imide groups is 1. The molecule has 2 fully saturated rings. The van der Waals surface area contributed by atoms with Crippen LogP contribution in [0.15, 0.2) is 12.4 Å². The molecule has 23 heavy (non-hydrogen) atoms. The van der Waals surface area contributed by atoms with Crippen LogP contribution in [0.5, 0.6) is 0 Å². The summed E-state index contributed by atoms with van der Waals surface area (Å²) in [5.41, 5.74) is 0.225. The fraction of sp³-hybridized carbons (Fsp3) is 0.706. The summed E-state index contributed by atoms with van der Waals surface area (Å²) in [5.74, 6) is 0.463. The van der Waals surface area contributed by atoms with E-state index < -0.39 is 5.54 Å². The molecule has 0 radical (unpaired) electrons. The van der Waals surface area contributed by atoms with Crippen LogP contribution in [0.4, 0.5) is 4.79 Å². The number of amides is 3. The Morgan fingerprint density at radius 3 is 2.52 bits per heavy atom. The molecular weight excluding hydrogens is 292 g/mol. The first-order valence-electron chi connectivity index (χ1n) is 8.49. The van der Waals surface area contributed by atoms with E-state index in [2.05, 4.69) is 5.10 Å². The number of hydrogen-bond acceptors (Lipinski definition) is 3. The van der Waals surface area contributed by atoms with Crippen molar-refractivity contribution < 1.29 is 9.59 Å². The Kier molecular flexibility index (Phi) is 4.17. The maximum Gasteiger partial charge on any atom is 0.327 e. The smallest absolute Gasteiger partial charge is 0.305 e. The van der Waals surface area contributed by atoms with Crippen LogP contribution in [0.25, 0.3) is 0 Å². The number of aromatic nitrogens is 2. The molecular formula is C17H26N4O2. The Balaban J connectivity index is 1.83. The molecule has 1 saturated carbocycles. The quantitative estimate of drug-likeness (QED) is 0.802. The van der Waals surface area contributed by atoms with Crippen LogP contribution in [0.2, 0.25) is 0 Å². The van der Waals surface area contributed by atoms with E-state index in [0.29, 0.717) is 12.5 Å². The molecule has 1 saturated heterocycles. The summed E-state index contributed by atoms with van der Waals surface area (Å²) in [5, 5.41) is 4.17. The Morgan fingerprint density at radius 2 is 1.91 bits per heavy atom. The lowest BCUT2D eigenvalue weighted by molar-refractivity contribution is -0.132. The van der Waals surface area contributed by atoms with Crippen LogP contribution in [0.1, 0.15) is 51.0 Å². The fourth-order valence-corrected chi connectivity index (χ4v) is 4.08. The minimum atomic E-state index is -0.732. The first-order valence-corrected chi connectivity index (χ1v) is 8.49. The number of rotatable bonds is 4. The monoisotopic (exact) mass is 318 g/mol. The fourth-order valence-electron chi connectivity index (χ4n) is 4.08. The van der Waals surface area contributed by atoms with Crippen molar-refractivity contribution in [2.45, 2.75) is 57.5 Å². The second-order valence-corrected chi connectivity index (χ2v) is 7.24. The highest BCUT2D eigenvalue weighted by Gasteiger charge is 2.53. The van der Waals surface area contributed by atoms with Gasteiger partial charge in [-0.05, 0) is 19.3 Å². The van der Waals surface area contributed by atoms with Crippen LogP contribution in [0, 0.1) is 5.92 Å². The van der Waals surface area contributed by atoms with Crippen molar-refractivity contribution >= 4 is 11.9 Å². The summed E-state index contributed by atoms with van der Waals surface area (Å²) in [7, 11) is 3.45. The molecule has 126 valence electrons. The predicted octanol–water partition coefficient (Wildman–Crippen LogP) is 2.54. The Bertz CT molecular complexity index is 605. The average molecular weight is 318 g/mol. The average Bonchev–Trinajstić information content (AvgIpc) is 3.01. The number of nitrogens with zero attached hydrogens (tertiary/aromatic N) is 4. The molecule has 1 aliphatic carbocycles. The number of urea groups is 1. The van der Waals surface area contributed by atoms with Crippen molar-refractivity contribution in [3.63, 3.8) is 0 Å². The number of likely N-dealkylation sites (N-methyl/N-ethyl adjacent to an activating group) is 1. The third-order valence-corrected chi connectivity index (χ3v) is 5.39. The molecule has 0 aromatic carbocycles. The molecule has 2 aliphatic rings. The van der Waals surface area contributed by atoms with Crippen LogP contribution < -0.4 is 0 Å². The van der Waals surface area contributed by atoms with Gasteiger partial charge in [-0.1, -0.05) is 32.1 Å². The number of aryl methyl sites for hydroxylation is 1. The minimum absolute atomic E-state index is 0.0723. The third-order valence-electron chi connectivity index (χ3n) is 5.39. The first kappa shape index (κ1) is 16.0. The van der Waals surface area contributed by atoms with Crippen molar-refractivity contribution in [2.24, 2.45) is 13.0 Å². The molecule has 6 heteroatoms. The molecule has 3 amide bonds. The van der Waals surface area contributed by atoms with Crippen molar-refractivity contribution in [3.8, 4) is 0 Å². The van der Waals surface area contributed by atoms with E-state index in [1.807, 2.05) is 20.2 Å². The summed E-state index contributed by atoms with van der Waals surface area (Å²) in [6, 6.07) is -0.197. The Morgan fingerprint density at radius 1 is 1.22 bits per heavy atom. The van der Waals surface area contributed by atoms with Gasteiger partial charge in [-0.3, -0.25) is 14.4 Å². The van der Waals surface area contributed by atoms with Gasteiger partial charge in [0.15, 0.2) is 0 Å². The van der Waals surface area contributed by atoms with Gasteiger partial charge < -0.3 is 4.90 Å². The first-order chi connectivity index (χ1) is 10.9. The SMILES string of the molecule is CN1C(=O)N(Cc2cnn(C)c2)[C@](C)(CC2CCCCC2)C1=O. The van der Waals surface area contributed by atoms with Gasteiger partial charge in [0, 0.05) is 25.9 Å². The van der Waals surface area contributed by atoms with Crippen molar-refractivity contribution in [1.82, 2.24) is 19.6 Å². The lowest BCUT2D eigenvalue weighted by Crippen LogP contribution is -2.48. The molecule has 3 rings (SSSR count).